The smallest absolute Gasteiger partial charge is 0.248 e. The summed E-state index contributed by atoms with van der Waals surface area (Å²) in [7, 11) is 4.68. The van der Waals surface area contributed by atoms with E-state index in [9.17, 15) is 4.79 Å². The molecule has 0 aromatic heterocycles. The normalized spacial score (nSPS) is 10.5. The van der Waals surface area contributed by atoms with Crippen LogP contribution in [-0.2, 0) is 4.79 Å². The number of rotatable bonds is 6. The Morgan fingerprint density at radius 2 is 1.62 bits per heavy atom. The van der Waals surface area contributed by atoms with Crippen LogP contribution in [0.25, 0.3) is 6.08 Å². The highest BCUT2D eigenvalue weighted by atomic mass is 16.5. The van der Waals surface area contributed by atoms with Gasteiger partial charge in [0.05, 0.1) is 21.3 Å². The maximum atomic E-state index is 12.1. The number of hydrogen-bond acceptors (Lipinski definition) is 4. The number of aryl methyl sites for hydroxylation is 1. The van der Waals surface area contributed by atoms with Gasteiger partial charge in [-0.1, -0.05) is 12.1 Å². The predicted molar refractivity (Wildman–Crippen MR) is 94.9 cm³/mol. The highest BCUT2D eigenvalue weighted by molar-refractivity contribution is 6.02. The number of anilines is 1. The van der Waals surface area contributed by atoms with Crippen molar-refractivity contribution in [1.29, 1.82) is 0 Å². The van der Waals surface area contributed by atoms with Gasteiger partial charge in [-0.05, 0) is 36.8 Å². The molecular weight excluding hydrogens is 306 g/mol. The molecule has 0 radical (unpaired) electrons. The summed E-state index contributed by atoms with van der Waals surface area (Å²) in [5, 5.41) is 2.82. The van der Waals surface area contributed by atoms with Crippen molar-refractivity contribution in [1.82, 2.24) is 0 Å². The number of hydrogen-bond donors (Lipinski definition) is 1. The lowest BCUT2D eigenvalue weighted by Gasteiger charge is -2.12. The lowest BCUT2D eigenvalue weighted by atomic mass is 10.1. The van der Waals surface area contributed by atoms with Crippen LogP contribution in [0.3, 0.4) is 0 Å². The van der Waals surface area contributed by atoms with Crippen molar-refractivity contribution in [2.45, 2.75) is 6.92 Å². The highest BCUT2D eigenvalue weighted by Crippen LogP contribution is 2.35. The Bertz CT molecular complexity index is 753. The van der Waals surface area contributed by atoms with E-state index in [2.05, 4.69) is 5.32 Å². The summed E-state index contributed by atoms with van der Waals surface area (Å²) >= 11 is 0. The number of methoxy groups -OCH3 is 3. The van der Waals surface area contributed by atoms with E-state index in [1.54, 1.807) is 39.5 Å². The van der Waals surface area contributed by atoms with Crippen LogP contribution in [0.1, 0.15) is 11.1 Å². The van der Waals surface area contributed by atoms with Gasteiger partial charge in [-0.15, -0.1) is 0 Å². The van der Waals surface area contributed by atoms with Gasteiger partial charge >= 0.3 is 0 Å². The molecule has 0 aliphatic rings. The van der Waals surface area contributed by atoms with E-state index < -0.39 is 0 Å². The van der Waals surface area contributed by atoms with E-state index in [1.165, 1.54) is 6.08 Å². The third-order valence-corrected chi connectivity index (χ3v) is 3.44. The molecule has 5 heteroatoms. The minimum Gasteiger partial charge on any atom is -0.496 e. The van der Waals surface area contributed by atoms with Gasteiger partial charge in [-0.2, -0.15) is 0 Å². The van der Waals surface area contributed by atoms with Crippen LogP contribution in [0.5, 0.6) is 17.2 Å². The zero-order valence-electron chi connectivity index (χ0n) is 14.3. The molecule has 126 valence electrons. The summed E-state index contributed by atoms with van der Waals surface area (Å²) in [6.45, 7) is 1.97. The van der Waals surface area contributed by atoms with Crippen LogP contribution in [0, 0.1) is 6.92 Å². The summed E-state index contributed by atoms with van der Waals surface area (Å²) in [5.74, 6) is 1.50. The fraction of sp³-hybridized carbons (Fsp3) is 0.211. The molecule has 5 nitrogen and oxygen atoms in total. The first-order chi connectivity index (χ1) is 11.6. The molecule has 0 bridgehead atoms. The first-order valence-electron chi connectivity index (χ1n) is 7.43. The Hall–Kier alpha value is -2.95. The Morgan fingerprint density at radius 3 is 2.25 bits per heavy atom. The van der Waals surface area contributed by atoms with Gasteiger partial charge in [0.25, 0.3) is 0 Å². The molecule has 1 amide bonds. The average molecular weight is 327 g/mol. The fourth-order valence-corrected chi connectivity index (χ4v) is 2.26. The van der Waals surface area contributed by atoms with E-state index in [4.69, 9.17) is 14.2 Å². The molecule has 0 unspecified atom stereocenters. The minimum atomic E-state index is -0.225. The van der Waals surface area contributed by atoms with Gasteiger partial charge in [-0.3, -0.25) is 4.79 Å². The second-order valence-electron chi connectivity index (χ2n) is 5.14. The van der Waals surface area contributed by atoms with Crippen molar-refractivity contribution in [3.63, 3.8) is 0 Å². The summed E-state index contributed by atoms with van der Waals surface area (Å²) in [6.07, 6.45) is 3.12. The molecular formula is C19H21NO4. The van der Waals surface area contributed by atoms with Crippen molar-refractivity contribution < 1.29 is 19.0 Å². The molecule has 0 saturated heterocycles. The molecule has 0 atom stereocenters. The third kappa shape index (κ3) is 4.29. The highest BCUT2D eigenvalue weighted by Gasteiger charge is 2.10. The van der Waals surface area contributed by atoms with Gasteiger partial charge in [0.1, 0.15) is 5.75 Å². The minimum absolute atomic E-state index is 0.225. The predicted octanol–water partition coefficient (Wildman–Crippen LogP) is 3.67. The first kappa shape index (κ1) is 17.4. The first-order valence-corrected chi connectivity index (χ1v) is 7.43. The maximum absolute atomic E-state index is 12.1. The molecule has 2 aromatic carbocycles. The van der Waals surface area contributed by atoms with Crippen molar-refractivity contribution in [3.05, 3.63) is 53.6 Å². The number of amides is 1. The molecule has 24 heavy (non-hydrogen) atoms. The summed E-state index contributed by atoms with van der Waals surface area (Å²) in [6, 6.07) is 11.1. The van der Waals surface area contributed by atoms with Crippen LogP contribution < -0.4 is 19.5 Å². The quantitative estimate of drug-likeness (QED) is 0.823. The number of benzene rings is 2. The lowest BCUT2D eigenvalue weighted by Crippen LogP contribution is -2.07. The van der Waals surface area contributed by atoms with E-state index in [0.29, 0.717) is 17.2 Å². The molecule has 0 aliphatic carbocycles. The molecule has 1 N–H and O–H groups in total. The monoisotopic (exact) mass is 327 g/mol. The van der Waals surface area contributed by atoms with Gasteiger partial charge in [0.2, 0.25) is 5.91 Å². The maximum Gasteiger partial charge on any atom is 0.248 e. The largest absolute Gasteiger partial charge is 0.496 e. The Balaban J connectivity index is 2.19. The number of carbonyl (C=O) groups excluding carboxylic acids is 1. The second-order valence-corrected chi connectivity index (χ2v) is 5.14. The van der Waals surface area contributed by atoms with Crippen LogP contribution in [0.2, 0.25) is 0 Å². The van der Waals surface area contributed by atoms with Gasteiger partial charge in [0.15, 0.2) is 11.5 Å². The van der Waals surface area contributed by atoms with Crippen LogP contribution in [-0.4, -0.2) is 27.2 Å². The molecule has 0 fully saturated rings. The van der Waals surface area contributed by atoms with Crippen molar-refractivity contribution in [2.24, 2.45) is 0 Å². The molecule has 2 aromatic rings. The van der Waals surface area contributed by atoms with Crippen LogP contribution >= 0.6 is 0 Å². The number of ether oxygens (including phenoxy) is 3. The van der Waals surface area contributed by atoms with E-state index in [0.717, 1.165) is 16.8 Å². The number of nitrogens with one attached hydrogen (secondary N) is 1. The zero-order valence-corrected chi connectivity index (χ0v) is 14.3. The van der Waals surface area contributed by atoms with Crippen molar-refractivity contribution in [2.75, 3.05) is 26.6 Å². The SMILES string of the molecule is COc1cc(OC)c(OC)cc1/C=C/C(=O)Nc1cccc(C)c1. The van der Waals surface area contributed by atoms with Crippen LogP contribution in [0.4, 0.5) is 5.69 Å². The molecule has 0 aliphatic heterocycles. The fourth-order valence-electron chi connectivity index (χ4n) is 2.26. The summed E-state index contributed by atoms with van der Waals surface area (Å²) < 4.78 is 15.9. The molecule has 0 saturated carbocycles. The second kappa shape index (κ2) is 8.06. The molecule has 2 rings (SSSR count). The van der Waals surface area contributed by atoms with E-state index in [-0.39, 0.29) is 5.91 Å². The standard InChI is InChI=1S/C19H21NO4/c1-13-6-5-7-15(10-13)20-19(21)9-8-14-11-17(23-3)18(24-4)12-16(14)22-2/h5-12H,1-4H3,(H,20,21)/b9-8+. The van der Waals surface area contributed by atoms with Crippen LogP contribution in [0.15, 0.2) is 42.5 Å². The topological polar surface area (TPSA) is 56.8 Å². The van der Waals surface area contributed by atoms with E-state index in [1.807, 2.05) is 31.2 Å². The van der Waals surface area contributed by atoms with E-state index >= 15 is 0 Å². The Morgan fingerprint density at radius 1 is 0.958 bits per heavy atom. The van der Waals surface area contributed by atoms with Crippen molar-refractivity contribution in [3.8, 4) is 17.2 Å². The summed E-state index contributed by atoms with van der Waals surface area (Å²) in [5.41, 5.74) is 2.55. The van der Waals surface area contributed by atoms with Gasteiger partial charge in [-0.25, -0.2) is 0 Å². The summed E-state index contributed by atoms with van der Waals surface area (Å²) in [4.78, 5) is 12.1. The third-order valence-electron chi connectivity index (χ3n) is 3.44. The Kier molecular flexibility index (Phi) is 5.84. The molecule has 0 heterocycles. The number of carbonyl (C=O) groups is 1. The van der Waals surface area contributed by atoms with Gasteiger partial charge < -0.3 is 19.5 Å². The molecule has 0 spiro atoms. The lowest BCUT2D eigenvalue weighted by molar-refractivity contribution is -0.111. The van der Waals surface area contributed by atoms with Crippen molar-refractivity contribution >= 4 is 17.7 Å². The zero-order chi connectivity index (χ0) is 17.5. The Labute approximate surface area is 141 Å². The van der Waals surface area contributed by atoms with Gasteiger partial charge in [0, 0.05) is 23.4 Å². The average Bonchev–Trinajstić information content (AvgIpc) is 2.59.